The first-order valence-corrected chi connectivity index (χ1v) is 4.29. The fraction of sp³-hybridized carbons (Fsp3) is 0.250. The maximum atomic E-state index is 11.2. The lowest BCUT2D eigenvalue weighted by atomic mass is 10.3. The Labute approximate surface area is 84.3 Å². The summed E-state index contributed by atoms with van der Waals surface area (Å²) >= 11 is 5.47. The number of carbonyl (C=O) groups is 1. The number of aromatic amines is 1. The Morgan fingerprint density at radius 2 is 2.36 bits per heavy atom. The molecule has 0 spiro atoms. The standard InChI is InChI=1S/C8H8ClNO4/c9-2-5-1-6(11)7(3-10-5)14-4-8(12)13/h1,3H,2,4H2,(H,10,11)(H,12,13). The van der Waals surface area contributed by atoms with Gasteiger partial charge in [-0.3, -0.25) is 4.79 Å². The van der Waals surface area contributed by atoms with Crippen molar-refractivity contribution in [1.29, 1.82) is 0 Å². The number of hydrogen-bond donors (Lipinski definition) is 2. The number of pyridine rings is 1. The molecule has 0 unspecified atom stereocenters. The first-order valence-electron chi connectivity index (χ1n) is 3.75. The third-order valence-electron chi connectivity index (χ3n) is 1.43. The van der Waals surface area contributed by atoms with Crippen LogP contribution in [0.15, 0.2) is 17.1 Å². The first-order chi connectivity index (χ1) is 6.63. The fourth-order valence-corrected chi connectivity index (χ4v) is 0.984. The van der Waals surface area contributed by atoms with Crippen LogP contribution >= 0.6 is 11.6 Å². The summed E-state index contributed by atoms with van der Waals surface area (Å²) < 4.78 is 4.71. The molecule has 1 aromatic heterocycles. The van der Waals surface area contributed by atoms with Crippen LogP contribution in [0, 0.1) is 0 Å². The molecule has 0 aliphatic carbocycles. The number of rotatable bonds is 4. The second kappa shape index (κ2) is 4.66. The van der Waals surface area contributed by atoms with Gasteiger partial charge in [0.25, 0.3) is 0 Å². The van der Waals surface area contributed by atoms with E-state index in [1.165, 1.54) is 12.3 Å². The molecule has 1 heterocycles. The van der Waals surface area contributed by atoms with Gasteiger partial charge in [0.1, 0.15) is 0 Å². The molecule has 0 aromatic carbocycles. The number of ether oxygens (including phenoxy) is 1. The van der Waals surface area contributed by atoms with Gasteiger partial charge in [-0.25, -0.2) is 4.79 Å². The molecule has 0 saturated heterocycles. The highest BCUT2D eigenvalue weighted by Gasteiger charge is 2.04. The molecule has 0 radical (unpaired) electrons. The molecule has 0 fully saturated rings. The van der Waals surface area contributed by atoms with Crippen molar-refractivity contribution < 1.29 is 14.6 Å². The van der Waals surface area contributed by atoms with Gasteiger partial charge in [0.05, 0.1) is 5.88 Å². The molecule has 76 valence electrons. The maximum Gasteiger partial charge on any atom is 0.341 e. The van der Waals surface area contributed by atoms with Gasteiger partial charge in [-0.2, -0.15) is 0 Å². The molecule has 14 heavy (non-hydrogen) atoms. The molecule has 5 nitrogen and oxygen atoms in total. The Hall–Kier alpha value is -1.49. The van der Waals surface area contributed by atoms with Crippen molar-refractivity contribution in [3.05, 3.63) is 28.2 Å². The van der Waals surface area contributed by atoms with Crippen LogP contribution in [-0.4, -0.2) is 22.7 Å². The van der Waals surface area contributed by atoms with Crippen LogP contribution in [0.2, 0.25) is 0 Å². The summed E-state index contributed by atoms with van der Waals surface area (Å²) in [6.07, 6.45) is 1.29. The predicted octanol–water partition coefficient (Wildman–Crippen LogP) is 0.577. The van der Waals surface area contributed by atoms with Crippen molar-refractivity contribution in [1.82, 2.24) is 4.98 Å². The molecular formula is C8H8ClNO4. The van der Waals surface area contributed by atoms with E-state index in [0.717, 1.165) is 0 Å². The molecule has 6 heteroatoms. The van der Waals surface area contributed by atoms with Crippen LogP contribution in [0.3, 0.4) is 0 Å². The smallest absolute Gasteiger partial charge is 0.341 e. The Balaban J connectivity index is 2.79. The summed E-state index contributed by atoms with van der Waals surface area (Å²) in [4.78, 5) is 24.1. The zero-order chi connectivity index (χ0) is 10.6. The zero-order valence-corrected chi connectivity index (χ0v) is 7.87. The van der Waals surface area contributed by atoms with Gasteiger partial charge in [0, 0.05) is 18.0 Å². The Morgan fingerprint density at radius 1 is 1.64 bits per heavy atom. The average molecular weight is 218 g/mol. The van der Waals surface area contributed by atoms with Crippen molar-refractivity contribution in [2.24, 2.45) is 0 Å². The molecule has 2 N–H and O–H groups in total. The lowest BCUT2D eigenvalue weighted by Crippen LogP contribution is -2.15. The molecule has 1 rings (SSSR count). The second-order valence-corrected chi connectivity index (χ2v) is 2.77. The average Bonchev–Trinajstić information content (AvgIpc) is 2.15. The lowest BCUT2D eigenvalue weighted by molar-refractivity contribution is -0.139. The van der Waals surface area contributed by atoms with Crippen LogP contribution < -0.4 is 10.2 Å². The van der Waals surface area contributed by atoms with Gasteiger partial charge in [-0.1, -0.05) is 0 Å². The Morgan fingerprint density at radius 3 is 2.86 bits per heavy atom. The van der Waals surface area contributed by atoms with E-state index in [2.05, 4.69) is 4.98 Å². The van der Waals surface area contributed by atoms with Crippen LogP contribution in [-0.2, 0) is 10.7 Å². The number of aliphatic carboxylic acids is 1. The van der Waals surface area contributed by atoms with Gasteiger partial charge >= 0.3 is 5.97 Å². The normalized spacial score (nSPS) is 9.79. The molecule has 0 aliphatic heterocycles. The maximum absolute atomic E-state index is 11.2. The van der Waals surface area contributed by atoms with E-state index in [1.54, 1.807) is 0 Å². The number of nitrogens with one attached hydrogen (secondary N) is 1. The highest BCUT2D eigenvalue weighted by atomic mass is 35.5. The van der Waals surface area contributed by atoms with Crippen molar-refractivity contribution in [2.75, 3.05) is 6.61 Å². The molecule has 1 aromatic rings. The van der Waals surface area contributed by atoms with Crippen LogP contribution in [0.5, 0.6) is 5.75 Å². The van der Waals surface area contributed by atoms with Crippen LogP contribution in [0.1, 0.15) is 5.69 Å². The van der Waals surface area contributed by atoms with E-state index in [-0.39, 0.29) is 17.1 Å². The van der Waals surface area contributed by atoms with E-state index in [0.29, 0.717) is 5.69 Å². The van der Waals surface area contributed by atoms with Crippen molar-refractivity contribution in [2.45, 2.75) is 5.88 Å². The number of carboxylic acid groups (broad SMARTS) is 1. The molecular weight excluding hydrogens is 210 g/mol. The van der Waals surface area contributed by atoms with Crippen molar-refractivity contribution in [3.8, 4) is 5.75 Å². The summed E-state index contributed by atoms with van der Waals surface area (Å²) in [5, 5.41) is 8.31. The highest BCUT2D eigenvalue weighted by molar-refractivity contribution is 6.16. The van der Waals surface area contributed by atoms with Crippen LogP contribution in [0.4, 0.5) is 0 Å². The summed E-state index contributed by atoms with van der Waals surface area (Å²) in [5.74, 6) is -0.971. The highest BCUT2D eigenvalue weighted by Crippen LogP contribution is 2.03. The Bertz CT molecular complexity index is 387. The van der Waals surface area contributed by atoms with Crippen LogP contribution in [0.25, 0.3) is 0 Å². The third kappa shape index (κ3) is 2.77. The van der Waals surface area contributed by atoms with E-state index < -0.39 is 12.6 Å². The fourth-order valence-electron chi connectivity index (χ4n) is 0.830. The monoisotopic (exact) mass is 217 g/mol. The van der Waals surface area contributed by atoms with E-state index in [9.17, 15) is 9.59 Å². The molecule has 0 saturated carbocycles. The molecule has 0 amide bonds. The SMILES string of the molecule is O=C(O)COc1c[nH]c(CCl)cc1=O. The summed E-state index contributed by atoms with van der Waals surface area (Å²) in [5.41, 5.74) is 0.167. The lowest BCUT2D eigenvalue weighted by Gasteiger charge is -2.02. The minimum absolute atomic E-state index is 0.0266. The second-order valence-electron chi connectivity index (χ2n) is 2.50. The van der Waals surface area contributed by atoms with Gasteiger partial charge in [-0.15, -0.1) is 11.6 Å². The largest absolute Gasteiger partial charge is 0.479 e. The summed E-state index contributed by atoms with van der Waals surface area (Å²) in [6, 6.07) is 1.27. The molecule has 0 aliphatic rings. The summed E-state index contributed by atoms with van der Waals surface area (Å²) in [7, 11) is 0. The van der Waals surface area contributed by atoms with Gasteiger partial charge < -0.3 is 14.8 Å². The van der Waals surface area contributed by atoms with Gasteiger partial charge in [0.15, 0.2) is 12.4 Å². The number of H-pyrrole nitrogens is 1. The first kappa shape index (κ1) is 10.6. The number of aromatic nitrogens is 1. The minimum Gasteiger partial charge on any atom is -0.479 e. The number of hydrogen-bond acceptors (Lipinski definition) is 3. The third-order valence-corrected chi connectivity index (χ3v) is 1.72. The molecule has 0 bridgehead atoms. The van der Waals surface area contributed by atoms with Crippen molar-refractivity contribution in [3.63, 3.8) is 0 Å². The van der Waals surface area contributed by atoms with E-state index >= 15 is 0 Å². The number of halogens is 1. The number of carboxylic acids is 1. The zero-order valence-electron chi connectivity index (χ0n) is 7.12. The Kier molecular flexibility index (Phi) is 3.53. The topological polar surface area (TPSA) is 79.4 Å². The van der Waals surface area contributed by atoms with Gasteiger partial charge in [0.2, 0.25) is 5.43 Å². The van der Waals surface area contributed by atoms with Crippen molar-refractivity contribution >= 4 is 17.6 Å². The van der Waals surface area contributed by atoms with E-state index in [1.807, 2.05) is 0 Å². The quantitative estimate of drug-likeness (QED) is 0.723. The molecule has 0 atom stereocenters. The predicted molar refractivity (Wildman–Crippen MR) is 49.8 cm³/mol. The minimum atomic E-state index is -1.13. The number of alkyl halides is 1. The van der Waals surface area contributed by atoms with E-state index in [4.69, 9.17) is 21.4 Å². The van der Waals surface area contributed by atoms with Gasteiger partial charge in [-0.05, 0) is 0 Å². The summed E-state index contributed by atoms with van der Waals surface area (Å²) in [6.45, 7) is -0.538.